The van der Waals surface area contributed by atoms with E-state index in [2.05, 4.69) is 5.32 Å². The zero-order valence-electron chi connectivity index (χ0n) is 10.7. The first-order chi connectivity index (χ1) is 10.0. The van der Waals surface area contributed by atoms with Crippen LogP contribution in [0.15, 0.2) is 30.3 Å². The molecule has 0 bridgehead atoms. The molecule has 1 aliphatic rings. The number of halogens is 2. The predicted octanol–water partition coefficient (Wildman–Crippen LogP) is 3.04. The third-order valence-corrected chi connectivity index (χ3v) is 3.28. The predicted molar refractivity (Wildman–Crippen MR) is 76.3 cm³/mol. The third-order valence-electron chi connectivity index (χ3n) is 2.97. The second-order valence-electron chi connectivity index (χ2n) is 4.37. The van der Waals surface area contributed by atoms with Crippen LogP contribution in [0.3, 0.4) is 0 Å². The third kappa shape index (κ3) is 2.57. The van der Waals surface area contributed by atoms with E-state index in [1.54, 1.807) is 0 Å². The Morgan fingerprint density at radius 1 is 1.24 bits per heavy atom. The van der Waals surface area contributed by atoms with Crippen LogP contribution in [0.4, 0.5) is 15.8 Å². The largest absolute Gasteiger partial charge is 0.454 e. The van der Waals surface area contributed by atoms with Crippen LogP contribution in [0.5, 0.6) is 11.5 Å². The highest BCUT2D eigenvalue weighted by Gasteiger charge is 2.19. The van der Waals surface area contributed by atoms with E-state index in [0.29, 0.717) is 17.2 Å². The summed E-state index contributed by atoms with van der Waals surface area (Å²) in [5, 5.41) is 2.85. The van der Waals surface area contributed by atoms with Gasteiger partial charge in [0.15, 0.2) is 11.5 Å². The van der Waals surface area contributed by atoms with E-state index in [1.807, 2.05) is 0 Å². The Labute approximate surface area is 124 Å². The monoisotopic (exact) mass is 308 g/mol. The van der Waals surface area contributed by atoms with Gasteiger partial charge in [-0.1, -0.05) is 11.6 Å². The van der Waals surface area contributed by atoms with Gasteiger partial charge in [-0.2, -0.15) is 0 Å². The maximum Gasteiger partial charge on any atom is 0.257 e. The molecule has 21 heavy (non-hydrogen) atoms. The Balaban J connectivity index is 1.90. The number of nitrogens with one attached hydrogen (secondary N) is 1. The number of ether oxygens (including phenoxy) is 2. The molecule has 2 aromatic rings. The van der Waals surface area contributed by atoms with Crippen molar-refractivity contribution >= 4 is 28.9 Å². The summed E-state index contributed by atoms with van der Waals surface area (Å²) < 4.78 is 23.6. The Kier molecular flexibility index (Phi) is 3.31. The van der Waals surface area contributed by atoms with Gasteiger partial charge in [0.25, 0.3) is 5.91 Å². The fourth-order valence-electron chi connectivity index (χ4n) is 1.93. The number of anilines is 2. The summed E-state index contributed by atoms with van der Waals surface area (Å²) in [6, 6.07) is 6.64. The van der Waals surface area contributed by atoms with Gasteiger partial charge in [-0.15, -0.1) is 0 Å². The van der Waals surface area contributed by atoms with Gasteiger partial charge >= 0.3 is 0 Å². The Morgan fingerprint density at radius 2 is 1.95 bits per heavy atom. The average Bonchev–Trinajstić information content (AvgIpc) is 2.88. The fourth-order valence-corrected chi connectivity index (χ4v) is 2.13. The standard InChI is InChI=1S/C14H10ClFN2O3/c15-9-4-12-13(21-6-20-12)5-11(9)18-14(19)8-3-7(16)1-2-10(8)17/h1-5H,6,17H2,(H,18,19). The fraction of sp³-hybridized carbons (Fsp3) is 0.0714. The minimum absolute atomic E-state index is 0.0312. The zero-order valence-corrected chi connectivity index (χ0v) is 11.4. The summed E-state index contributed by atoms with van der Waals surface area (Å²) in [4.78, 5) is 12.2. The second kappa shape index (κ2) is 5.14. The van der Waals surface area contributed by atoms with Gasteiger partial charge in [-0.05, 0) is 18.2 Å². The van der Waals surface area contributed by atoms with Crippen LogP contribution >= 0.6 is 11.6 Å². The average molecular weight is 309 g/mol. The van der Waals surface area contributed by atoms with Gasteiger partial charge in [0.2, 0.25) is 6.79 Å². The summed E-state index contributed by atoms with van der Waals surface area (Å²) >= 11 is 6.05. The highest BCUT2D eigenvalue weighted by molar-refractivity contribution is 6.34. The molecule has 0 atom stereocenters. The van der Waals surface area contributed by atoms with Crippen molar-refractivity contribution in [2.45, 2.75) is 0 Å². The molecule has 0 aliphatic carbocycles. The summed E-state index contributed by atoms with van der Waals surface area (Å²) in [7, 11) is 0. The lowest BCUT2D eigenvalue weighted by atomic mass is 10.1. The van der Waals surface area contributed by atoms with Crippen LogP contribution in [-0.4, -0.2) is 12.7 Å². The van der Waals surface area contributed by atoms with E-state index < -0.39 is 11.7 Å². The molecule has 0 radical (unpaired) electrons. The first-order valence-corrected chi connectivity index (χ1v) is 6.38. The molecule has 0 unspecified atom stereocenters. The summed E-state index contributed by atoms with van der Waals surface area (Å²) in [5.74, 6) is -0.135. The first kappa shape index (κ1) is 13.5. The number of carbonyl (C=O) groups excluding carboxylic acids is 1. The normalized spacial score (nSPS) is 12.3. The van der Waals surface area contributed by atoms with Crippen molar-refractivity contribution in [3.63, 3.8) is 0 Å². The van der Waals surface area contributed by atoms with Crippen molar-refractivity contribution < 1.29 is 18.7 Å². The summed E-state index contributed by atoms with van der Waals surface area (Å²) in [6.07, 6.45) is 0. The lowest BCUT2D eigenvalue weighted by Crippen LogP contribution is -2.14. The molecule has 7 heteroatoms. The van der Waals surface area contributed by atoms with E-state index in [1.165, 1.54) is 24.3 Å². The molecule has 0 spiro atoms. The number of nitrogen functional groups attached to an aromatic ring is 1. The molecule has 0 aromatic heterocycles. The maximum absolute atomic E-state index is 13.2. The van der Waals surface area contributed by atoms with Crippen LogP contribution in [0.25, 0.3) is 0 Å². The number of carbonyl (C=O) groups is 1. The topological polar surface area (TPSA) is 73.6 Å². The highest BCUT2D eigenvalue weighted by Crippen LogP contribution is 2.39. The zero-order chi connectivity index (χ0) is 15.0. The molecule has 2 aromatic carbocycles. The highest BCUT2D eigenvalue weighted by atomic mass is 35.5. The summed E-state index contributed by atoms with van der Waals surface area (Å²) in [5.41, 5.74) is 6.20. The molecular formula is C14H10ClFN2O3. The van der Waals surface area contributed by atoms with Crippen LogP contribution in [0.2, 0.25) is 5.02 Å². The van der Waals surface area contributed by atoms with Crippen LogP contribution in [0, 0.1) is 5.82 Å². The number of hydrogen-bond donors (Lipinski definition) is 2. The van der Waals surface area contributed by atoms with Crippen molar-refractivity contribution in [1.29, 1.82) is 0 Å². The number of rotatable bonds is 2. The van der Waals surface area contributed by atoms with E-state index in [9.17, 15) is 9.18 Å². The van der Waals surface area contributed by atoms with E-state index >= 15 is 0 Å². The molecule has 0 fully saturated rings. The molecule has 0 saturated heterocycles. The molecule has 1 aliphatic heterocycles. The Hall–Kier alpha value is -2.47. The van der Waals surface area contributed by atoms with Gasteiger partial charge in [-0.3, -0.25) is 4.79 Å². The van der Waals surface area contributed by atoms with Crippen molar-refractivity contribution in [1.82, 2.24) is 0 Å². The second-order valence-corrected chi connectivity index (χ2v) is 4.78. The van der Waals surface area contributed by atoms with Crippen LogP contribution in [-0.2, 0) is 0 Å². The number of amides is 1. The maximum atomic E-state index is 13.2. The molecule has 3 N–H and O–H groups in total. The van der Waals surface area contributed by atoms with Crippen LogP contribution < -0.4 is 20.5 Å². The van der Waals surface area contributed by atoms with Gasteiger partial charge in [0, 0.05) is 17.8 Å². The lowest BCUT2D eigenvalue weighted by Gasteiger charge is -2.10. The van der Waals surface area contributed by atoms with Gasteiger partial charge < -0.3 is 20.5 Å². The Bertz CT molecular complexity index is 736. The van der Waals surface area contributed by atoms with E-state index in [4.69, 9.17) is 26.8 Å². The molecule has 3 rings (SSSR count). The molecule has 1 amide bonds. The van der Waals surface area contributed by atoms with Gasteiger partial charge in [0.1, 0.15) is 5.82 Å². The van der Waals surface area contributed by atoms with E-state index in [-0.39, 0.29) is 23.1 Å². The SMILES string of the molecule is Nc1ccc(F)cc1C(=O)Nc1cc2c(cc1Cl)OCO2. The minimum atomic E-state index is -0.562. The van der Waals surface area contributed by atoms with Crippen molar-refractivity contribution in [3.05, 3.63) is 46.7 Å². The lowest BCUT2D eigenvalue weighted by molar-refractivity contribution is 0.102. The Morgan fingerprint density at radius 3 is 2.71 bits per heavy atom. The molecular weight excluding hydrogens is 299 g/mol. The van der Waals surface area contributed by atoms with Crippen molar-refractivity contribution in [3.8, 4) is 11.5 Å². The molecule has 1 heterocycles. The van der Waals surface area contributed by atoms with Gasteiger partial charge in [-0.25, -0.2) is 4.39 Å². The number of benzene rings is 2. The summed E-state index contributed by atoms with van der Waals surface area (Å²) in [6.45, 7) is 0.0971. The number of hydrogen-bond acceptors (Lipinski definition) is 4. The van der Waals surface area contributed by atoms with Crippen LogP contribution in [0.1, 0.15) is 10.4 Å². The quantitative estimate of drug-likeness (QED) is 0.836. The number of fused-ring (bicyclic) bond motifs is 1. The number of nitrogens with two attached hydrogens (primary N) is 1. The van der Waals surface area contributed by atoms with E-state index in [0.717, 1.165) is 6.07 Å². The smallest absolute Gasteiger partial charge is 0.257 e. The van der Waals surface area contributed by atoms with Crippen molar-refractivity contribution in [2.75, 3.05) is 17.8 Å². The first-order valence-electron chi connectivity index (χ1n) is 6.00. The molecule has 0 saturated carbocycles. The molecule has 108 valence electrons. The molecule has 5 nitrogen and oxygen atoms in total. The minimum Gasteiger partial charge on any atom is -0.454 e. The van der Waals surface area contributed by atoms with Gasteiger partial charge in [0.05, 0.1) is 16.3 Å². The van der Waals surface area contributed by atoms with Crippen molar-refractivity contribution in [2.24, 2.45) is 0 Å².